The van der Waals surface area contributed by atoms with Crippen molar-refractivity contribution in [2.24, 2.45) is 0 Å². The SMILES string of the molecule is COc1ccc(C(Cl)c2ccc(Br)cc2)c(OC)c1. The van der Waals surface area contributed by atoms with Gasteiger partial charge in [0.25, 0.3) is 0 Å². The third-order valence-electron chi connectivity index (χ3n) is 2.88. The molecule has 100 valence electrons. The van der Waals surface area contributed by atoms with Crippen molar-refractivity contribution in [3.63, 3.8) is 0 Å². The number of hydrogen-bond donors (Lipinski definition) is 0. The fourth-order valence-corrected chi connectivity index (χ4v) is 2.43. The molecule has 0 aromatic heterocycles. The Morgan fingerprint density at radius 2 is 1.68 bits per heavy atom. The van der Waals surface area contributed by atoms with Gasteiger partial charge in [-0.1, -0.05) is 28.1 Å². The van der Waals surface area contributed by atoms with Crippen molar-refractivity contribution in [1.29, 1.82) is 0 Å². The second-order valence-electron chi connectivity index (χ2n) is 4.02. The molecule has 1 atom stereocenters. The third kappa shape index (κ3) is 3.23. The van der Waals surface area contributed by atoms with Crippen molar-refractivity contribution in [1.82, 2.24) is 0 Å². The summed E-state index contributed by atoms with van der Waals surface area (Å²) in [7, 11) is 3.25. The monoisotopic (exact) mass is 340 g/mol. The van der Waals surface area contributed by atoms with E-state index in [1.54, 1.807) is 14.2 Å². The highest BCUT2D eigenvalue weighted by Gasteiger charge is 2.16. The molecule has 0 bridgehead atoms. The molecule has 0 aliphatic heterocycles. The molecule has 0 N–H and O–H groups in total. The van der Waals surface area contributed by atoms with Crippen LogP contribution >= 0.6 is 27.5 Å². The summed E-state index contributed by atoms with van der Waals surface area (Å²) >= 11 is 9.94. The summed E-state index contributed by atoms with van der Waals surface area (Å²) in [5, 5.41) is -0.256. The fraction of sp³-hybridized carbons (Fsp3) is 0.200. The van der Waals surface area contributed by atoms with Crippen LogP contribution < -0.4 is 9.47 Å². The van der Waals surface area contributed by atoms with Gasteiger partial charge in [0.1, 0.15) is 11.5 Å². The average Bonchev–Trinajstić information content (AvgIpc) is 2.46. The maximum atomic E-state index is 6.53. The van der Waals surface area contributed by atoms with E-state index in [1.165, 1.54) is 0 Å². The van der Waals surface area contributed by atoms with Crippen LogP contribution in [-0.4, -0.2) is 14.2 Å². The van der Waals surface area contributed by atoms with E-state index in [4.69, 9.17) is 21.1 Å². The lowest BCUT2D eigenvalue weighted by Gasteiger charge is -2.15. The Hall–Kier alpha value is -1.19. The Morgan fingerprint density at radius 1 is 1.00 bits per heavy atom. The predicted octanol–water partition coefficient (Wildman–Crippen LogP) is 4.79. The quantitative estimate of drug-likeness (QED) is 0.744. The van der Waals surface area contributed by atoms with Crippen molar-refractivity contribution >= 4 is 27.5 Å². The van der Waals surface area contributed by atoms with Crippen LogP contribution in [0.2, 0.25) is 0 Å². The van der Waals surface area contributed by atoms with Gasteiger partial charge < -0.3 is 9.47 Å². The molecule has 0 heterocycles. The zero-order valence-electron chi connectivity index (χ0n) is 10.7. The van der Waals surface area contributed by atoms with Crippen LogP contribution in [0.1, 0.15) is 16.5 Å². The van der Waals surface area contributed by atoms with Gasteiger partial charge in [0.2, 0.25) is 0 Å². The largest absolute Gasteiger partial charge is 0.497 e. The van der Waals surface area contributed by atoms with E-state index in [1.807, 2.05) is 42.5 Å². The molecule has 2 aromatic carbocycles. The maximum Gasteiger partial charge on any atom is 0.127 e. The summed E-state index contributed by atoms with van der Waals surface area (Å²) in [6, 6.07) is 13.6. The van der Waals surface area contributed by atoms with Crippen LogP contribution in [0.25, 0.3) is 0 Å². The van der Waals surface area contributed by atoms with E-state index in [9.17, 15) is 0 Å². The van der Waals surface area contributed by atoms with Crippen molar-refractivity contribution < 1.29 is 9.47 Å². The number of methoxy groups -OCH3 is 2. The van der Waals surface area contributed by atoms with Gasteiger partial charge in [0.05, 0.1) is 19.6 Å². The van der Waals surface area contributed by atoms with Crippen molar-refractivity contribution in [2.45, 2.75) is 5.38 Å². The molecule has 0 saturated carbocycles. The molecule has 2 rings (SSSR count). The minimum atomic E-state index is -0.256. The first-order valence-electron chi connectivity index (χ1n) is 5.77. The van der Waals surface area contributed by atoms with Crippen molar-refractivity contribution in [3.05, 3.63) is 58.1 Å². The summed E-state index contributed by atoms with van der Waals surface area (Å²) in [5.74, 6) is 1.47. The zero-order chi connectivity index (χ0) is 13.8. The van der Waals surface area contributed by atoms with Gasteiger partial charge in [0, 0.05) is 16.1 Å². The van der Waals surface area contributed by atoms with Gasteiger partial charge in [0.15, 0.2) is 0 Å². The molecule has 1 unspecified atom stereocenters. The Kier molecular flexibility index (Phi) is 4.72. The Balaban J connectivity index is 2.37. The van der Waals surface area contributed by atoms with Crippen molar-refractivity contribution in [2.75, 3.05) is 14.2 Å². The standard InChI is InChI=1S/C15H14BrClO2/c1-18-12-7-8-13(14(9-12)19-2)15(17)10-3-5-11(16)6-4-10/h3-9,15H,1-2H3. The van der Waals surface area contributed by atoms with Crippen LogP contribution in [0.5, 0.6) is 11.5 Å². The summed E-state index contributed by atoms with van der Waals surface area (Å²) in [6.07, 6.45) is 0. The number of benzene rings is 2. The second-order valence-corrected chi connectivity index (χ2v) is 5.37. The lowest BCUT2D eigenvalue weighted by Crippen LogP contribution is -1.98. The molecular formula is C15H14BrClO2. The minimum Gasteiger partial charge on any atom is -0.497 e. The summed E-state index contributed by atoms with van der Waals surface area (Å²) in [5.41, 5.74) is 1.95. The van der Waals surface area contributed by atoms with E-state index < -0.39 is 0 Å². The van der Waals surface area contributed by atoms with Crippen LogP contribution in [0.3, 0.4) is 0 Å². The first-order chi connectivity index (χ1) is 9.15. The Bertz CT molecular complexity index is 555. The molecular weight excluding hydrogens is 328 g/mol. The maximum absolute atomic E-state index is 6.53. The Labute approximate surface area is 126 Å². The molecule has 4 heteroatoms. The van der Waals surface area contributed by atoms with Crippen LogP contribution in [-0.2, 0) is 0 Å². The van der Waals surface area contributed by atoms with Gasteiger partial charge in [-0.2, -0.15) is 0 Å². The van der Waals surface area contributed by atoms with E-state index in [2.05, 4.69) is 15.9 Å². The molecule has 0 fully saturated rings. The van der Waals surface area contributed by atoms with Crippen LogP contribution in [0.4, 0.5) is 0 Å². The molecule has 0 aliphatic rings. The first kappa shape index (κ1) is 14.2. The first-order valence-corrected chi connectivity index (χ1v) is 7.00. The molecule has 2 nitrogen and oxygen atoms in total. The predicted molar refractivity (Wildman–Crippen MR) is 81.4 cm³/mol. The van der Waals surface area contributed by atoms with E-state index >= 15 is 0 Å². The molecule has 19 heavy (non-hydrogen) atoms. The zero-order valence-corrected chi connectivity index (χ0v) is 13.0. The smallest absolute Gasteiger partial charge is 0.127 e. The molecule has 2 aromatic rings. The summed E-state index contributed by atoms with van der Waals surface area (Å²) in [6.45, 7) is 0. The highest BCUT2D eigenvalue weighted by molar-refractivity contribution is 9.10. The number of halogens is 2. The van der Waals surface area contributed by atoms with Crippen LogP contribution in [0.15, 0.2) is 46.9 Å². The van der Waals surface area contributed by atoms with Gasteiger partial charge >= 0.3 is 0 Å². The minimum absolute atomic E-state index is 0.256. The molecule has 0 aliphatic carbocycles. The fourth-order valence-electron chi connectivity index (χ4n) is 1.84. The highest BCUT2D eigenvalue weighted by atomic mass is 79.9. The van der Waals surface area contributed by atoms with Gasteiger partial charge in [-0.3, -0.25) is 0 Å². The molecule has 0 radical (unpaired) electrons. The van der Waals surface area contributed by atoms with Gasteiger partial charge in [-0.05, 0) is 29.8 Å². The summed E-state index contributed by atoms with van der Waals surface area (Å²) < 4.78 is 11.6. The number of alkyl halides is 1. The average molecular weight is 342 g/mol. The molecule has 0 amide bonds. The van der Waals surface area contributed by atoms with E-state index in [-0.39, 0.29) is 5.38 Å². The summed E-state index contributed by atoms with van der Waals surface area (Å²) in [4.78, 5) is 0. The van der Waals surface area contributed by atoms with Crippen molar-refractivity contribution in [3.8, 4) is 11.5 Å². The van der Waals surface area contributed by atoms with E-state index in [0.717, 1.165) is 27.1 Å². The Morgan fingerprint density at radius 3 is 2.26 bits per heavy atom. The van der Waals surface area contributed by atoms with Gasteiger partial charge in [-0.15, -0.1) is 11.6 Å². The normalized spacial score (nSPS) is 12.0. The lowest BCUT2D eigenvalue weighted by molar-refractivity contribution is 0.391. The molecule has 0 spiro atoms. The lowest BCUT2D eigenvalue weighted by atomic mass is 10.0. The highest BCUT2D eigenvalue weighted by Crippen LogP contribution is 2.37. The number of hydrogen-bond acceptors (Lipinski definition) is 2. The van der Waals surface area contributed by atoms with Gasteiger partial charge in [-0.25, -0.2) is 0 Å². The number of ether oxygens (including phenoxy) is 2. The van der Waals surface area contributed by atoms with E-state index in [0.29, 0.717) is 0 Å². The number of rotatable bonds is 4. The topological polar surface area (TPSA) is 18.5 Å². The third-order valence-corrected chi connectivity index (χ3v) is 3.89. The van der Waals surface area contributed by atoms with Crippen LogP contribution in [0, 0.1) is 0 Å². The second kappa shape index (κ2) is 6.31. The molecule has 0 saturated heterocycles.